The third kappa shape index (κ3) is 23.2. The quantitative estimate of drug-likeness (QED) is 0.0173. The van der Waals surface area contributed by atoms with Crippen LogP contribution in [0, 0.1) is 53.3 Å². The van der Waals surface area contributed by atoms with Crippen molar-refractivity contribution in [2.45, 2.75) is 223 Å². The molecule has 0 bridgehead atoms. The highest BCUT2D eigenvalue weighted by atomic mass is 35.5. The first-order valence-corrected chi connectivity index (χ1v) is 39.1. The van der Waals surface area contributed by atoms with Gasteiger partial charge in [-0.3, -0.25) is 24.5 Å². The number of carbonyl (C=O) groups is 6. The van der Waals surface area contributed by atoms with Gasteiger partial charge in [-0.25, -0.2) is 18.4 Å². The van der Waals surface area contributed by atoms with Crippen molar-refractivity contribution in [1.82, 2.24) is 45.8 Å². The van der Waals surface area contributed by atoms with Crippen LogP contribution in [0.5, 0.6) is 0 Å². The maximum Gasteiger partial charge on any atom is 0.345 e. The lowest BCUT2D eigenvalue weighted by molar-refractivity contribution is -0.144. The van der Waals surface area contributed by atoms with E-state index in [1.807, 2.05) is 29.8 Å². The number of urea groups is 2. The van der Waals surface area contributed by atoms with Gasteiger partial charge in [0.1, 0.15) is 24.2 Å². The van der Waals surface area contributed by atoms with Gasteiger partial charge >= 0.3 is 12.1 Å². The summed E-state index contributed by atoms with van der Waals surface area (Å²) < 4.78 is 66.5. The van der Waals surface area contributed by atoms with Crippen molar-refractivity contribution < 1.29 is 71.1 Å². The van der Waals surface area contributed by atoms with E-state index in [1.165, 1.54) is 19.3 Å². The van der Waals surface area contributed by atoms with Gasteiger partial charge in [-0.05, 0) is 140 Å². The van der Waals surface area contributed by atoms with E-state index in [4.69, 9.17) is 45.0 Å². The second-order valence-electron chi connectivity index (χ2n) is 30.9. The van der Waals surface area contributed by atoms with E-state index in [9.17, 15) is 33.9 Å². The zero-order valence-electron chi connectivity index (χ0n) is 60.8. The molecule has 17 unspecified atom stereocenters. The van der Waals surface area contributed by atoms with Gasteiger partial charge in [-0.2, -0.15) is 4.99 Å². The highest BCUT2D eigenvalue weighted by Crippen LogP contribution is 2.48. The number of rotatable bonds is 37. The number of amidine groups is 1. The first-order valence-electron chi connectivity index (χ1n) is 38.6. The lowest BCUT2D eigenvalue weighted by Gasteiger charge is -2.56. The lowest BCUT2D eigenvalue weighted by Crippen LogP contribution is -2.69. The van der Waals surface area contributed by atoms with Crippen LogP contribution >= 0.6 is 11.6 Å². The zero-order valence-corrected chi connectivity index (χ0v) is 61.5. The molecule has 8 amide bonds. The molecule has 0 radical (unpaired) electrons. The molecule has 100 heavy (non-hydrogen) atoms. The van der Waals surface area contributed by atoms with Crippen LogP contribution in [-0.2, 0) is 47.6 Å². The highest BCUT2D eigenvalue weighted by Gasteiger charge is 2.56. The number of unbranched alkanes of at least 4 members (excludes halogenated alkanes) is 5. The van der Waals surface area contributed by atoms with E-state index in [1.54, 1.807) is 11.0 Å². The molecule has 9 rings (SSSR count). The summed E-state index contributed by atoms with van der Waals surface area (Å²) in [5.41, 5.74) is 0. The molecule has 0 aromatic heterocycles. The summed E-state index contributed by atoms with van der Waals surface area (Å²) in [6.45, 7) is 19.1. The van der Waals surface area contributed by atoms with Crippen molar-refractivity contribution in [3.05, 3.63) is 12.2 Å². The minimum atomic E-state index is -1.34. The molecular weight excluding hydrogens is 1310 g/mol. The normalized spacial score (nSPS) is 32.9. The van der Waals surface area contributed by atoms with E-state index in [0.29, 0.717) is 156 Å². The van der Waals surface area contributed by atoms with Gasteiger partial charge in [-0.1, -0.05) is 65.4 Å². The van der Waals surface area contributed by atoms with Gasteiger partial charge in [0, 0.05) is 118 Å². The number of alkyl halides is 3. The molecule has 8 fully saturated rings. The number of halogens is 3. The first kappa shape index (κ1) is 79.9. The van der Waals surface area contributed by atoms with Gasteiger partial charge in [0.2, 0.25) is 23.6 Å². The third-order valence-electron chi connectivity index (χ3n) is 23.2. The van der Waals surface area contributed by atoms with Crippen LogP contribution in [-0.4, -0.2) is 270 Å². The Kier molecular flexibility index (Phi) is 32.7. The van der Waals surface area contributed by atoms with Crippen LogP contribution in [0.4, 0.5) is 18.4 Å². The fraction of sp³-hybridized carbons (Fsp3) is 0.878. The Hall–Kier alpha value is -4.18. The molecule has 4 saturated carbocycles. The van der Waals surface area contributed by atoms with Crippen molar-refractivity contribution in [3.63, 3.8) is 0 Å². The van der Waals surface area contributed by atoms with E-state index in [-0.39, 0.29) is 126 Å². The second-order valence-corrected chi connectivity index (χ2v) is 31.5. The summed E-state index contributed by atoms with van der Waals surface area (Å²) in [6, 6.07) is -1.66. The molecule has 18 atom stereocenters. The number of hydrogen-bond acceptors (Lipinski definition) is 16. The zero-order chi connectivity index (χ0) is 71.1. The van der Waals surface area contributed by atoms with Crippen LogP contribution in [0.25, 0.3) is 0 Å². The molecule has 9 aliphatic rings. The van der Waals surface area contributed by atoms with Crippen LogP contribution in [0.15, 0.2) is 17.1 Å². The van der Waals surface area contributed by atoms with Gasteiger partial charge in [-0.15, -0.1) is 11.6 Å². The number of hydrogen-bond donors (Lipinski definition) is 5. The summed E-state index contributed by atoms with van der Waals surface area (Å²) in [5.74, 6) is -0.714. The SMILES string of the molecule is CC(C)C1NCCC(C)C1N1C(=O)N=C(N2CCN(C(=O)/C=C/CN(C)CCOCCOCCOCCOCCOCCOCCCCCCCCC3CC(Cl)CC(NC(=O)NCC4CCC5C(=O)N(C6CCC(=O)NC6=O)CC5C4)C3)C[C@@H]2C)C2CC(F)C(C3C(O)CCCC3F)CC21. The van der Waals surface area contributed by atoms with E-state index in [2.05, 4.69) is 51.8 Å². The van der Waals surface area contributed by atoms with Crippen LogP contribution in [0.1, 0.15) is 163 Å². The largest absolute Gasteiger partial charge is 0.393 e. The lowest BCUT2D eigenvalue weighted by atomic mass is 9.65. The molecule has 4 saturated heterocycles. The molecular formula is C74H123ClF2N10O13. The first-order chi connectivity index (χ1) is 48.3. The van der Waals surface area contributed by atoms with Gasteiger partial charge in [0.05, 0.1) is 84.8 Å². The average molecular weight is 1430 g/mol. The summed E-state index contributed by atoms with van der Waals surface area (Å²) in [6.07, 6.45) is 16.4. The smallest absolute Gasteiger partial charge is 0.345 e. The number of imide groups is 1. The molecule has 5 aliphatic heterocycles. The Morgan fingerprint density at radius 3 is 2.10 bits per heavy atom. The Morgan fingerprint density at radius 1 is 0.740 bits per heavy atom. The number of fused-ring (bicyclic) bond motifs is 2. The summed E-state index contributed by atoms with van der Waals surface area (Å²) in [4.78, 5) is 92.8. The van der Waals surface area contributed by atoms with Crippen molar-refractivity contribution in [2.24, 2.45) is 58.3 Å². The minimum absolute atomic E-state index is 0.0306. The van der Waals surface area contributed by atoms with Gasteiger partial charge in [0.25, 0.3) is 0 Å². The predicted molar refractivity (Wildman–Crippen MR) is 378 cm³/mol. The van der Waals surface area contributed by atoms with E-state index < -0.39 is 36.3 Å². The fourth-order valence-electron chi connectivity index (χ4n) is 17.9. The van der Waals surface area contributed by atoms with E-state index >= 15 is 8.78 Å². The van der Waals surface area contributed by atoms with Gasteiger partial charge < -0.3 is 74.0 Å². The van der Waals surface area contributed by atoms with Crippen LogP contribution in [0.3, 0.4) is 0 Å². The van der Waals surface area contributed by atoms with Crippen LogP contribution in [0.2, 0.25) is 0 Å². The second kappa shape index (κ2) is 40.9. The molecule has 26 heteroatoms. The number of piperazine rings is 1. The standard InChI is InChI=1S/C74H123ClF2N10O13/c1-49(2)68-69(50(3)22-23-78-68)87-63-45-58(67-60(76)15-12-16-64(67)88)61(77)44-59(63)70(82-74(87)94)85-26-25-84(47-51(85)4)66(90)17-13-24-83(5)27-29-96-31-33-98-35-37-100-39-38-99-36-34-97-32-30-95-28-11-9-7-6-8-10-14-52-41-55(75)43-56(42-52)80-73(93)79-46-53-18-19-57-54(40-53)48-86(72(57)92)62-20-21-65(89)81-71(62)91/h13,17,49-64,67-69,78,88H,6-12,14-16,18-48H2,1-5H3,(H2,79,80,93)(H,81,89,91)/b17-13+/t50?,51-,52?,53?,54?,55?,56?,57?,58?,59?,60?,61?,62?,63?,64?,67?,68?,69?/m0/s1. The Balaban J connectivity index is 0.520. The number of nitrogens with zero attached hydrogens (tertiary/aromatic N) is 6. The molecule has 0 spiro atoms. The molecule has 5 N–H and O–H groups in total. The Bertz CT molecular complexity index is 2630. The number of amides is 8. The number of likely N-dealkylation sites (tertiary alicyclic amines) is 1. The number of nitrogens with one attached hydrogen (secondary N) is 4. The Morgan fingerprint density at radius 2 is 1.42 bits per heavy atom. The fourth-order valence-corrected chi connectivity index (χ4v) is 18.4. The maximum atomic E-state index is 16.7. The number of likely N-dealkylation sites (N-methyl/N-ethyl adjacent to an activating group) is 1. The average Bonchev–Trinajstić information content (AvgIpc) is 0.896. The summed E-state index contributed by atoms with van der Waals surface area (Å²) in [7, 11) is 1.97. The molecule has 0 aromatic rings. The minimum Gasteiger partial charge on any atom is -0.393 e. The van der Waals surface area contributed by atoms with E-state index in [0.717, 1.165) is 83.8 Å². The molecule has 568 valence electrons. The van der Waals surface area contributed by atoms with Gasteiger partial charge in [0.15, 0.2) is 0 Å². The number of carbonyl (C=O) groups excluding carboxylic acids is 6. The third-order valence-corrected chi connectivity index (χ3v) is 23.6. The van der Waals surface area contributed by atoms with Crippen molar-refractivity contribution >= 4 is 53.1 Å². The van der Waals surface area contributed by atoms with Crippen molar-refractivity contribution in [3.8, 4) is 0 Å². The number of aliphatic hydroxyl groups is 1. The molecule has 0 aromatic carbocycles. The molecule has 23 nitrogen and oxygen atoms in total. The number of piperidine rings is 2. The molecule has 5 heterocycles. The topological polar surface area (TPSA) is 255 Å². The molecule has 4 aliphatic carbocycles. The number of aliphatic imine (C=N–C) groups is 1. The number of aliphatic hydroxyl groups excluding tert-OH is 1. The Labute approximate surface area is 599 Å². The summed E-state index contributed by atoms with van der Waals surface area (Å²) >= 11 is 6.71. The van der Waals surface area contributed by atoms with Crippen LogP contribution < -0.4 is 21.3 Å². The highest BCUT2D eigenvalue weighted by molar-refractivity contribution is 6.20. The van der Waals surface area contributed by atoms with Crippen molar-refractivity contribution in [2.75, 3.05) is 139 Å². The monoisotopic (exact) mass is 1430 g/mol. The maximum absolute atomic E-state index is 16.7. The summed E-state index contributed by atoms with van der Waals surface area (Å²) in [5, 5.41) is 23.5. The van der Waals surface area contributed by atoms with Crippen molar-refractivity contribution in [1.29, 1.82) is 0 Å². The predicted octanol–water partition coefficient (Wildman–Crippen LogP) is 7.68. The number of ether oxygens (including phenoxy) is 6.